The third-order valence-electron chi connectivity index (χ3n) is 4.69. The van der Waals surface area contributed by atoms with Crippen LogP contribution >= 0.6 is 0 Å². The van der Waals surface area contributed by atoms with Crippen LogP contribution in [0.2, 0.25) is 0 Å². The summed E-state index contributed by atoms with van der Waals surface area (Å²) in [6, 6.07) is 7.28. The number of aryl methyl sites for hydroxylation is 1. The number of likely N-dealkylation sites (tertiary alicyclic amines) is 1. The molecule has 1 aromatic rings. The number of aliphatic imine (C=N–C) groups is 1. The molecule has 0 radical (unpaired) electrons. The summed E-state index contributed by atoms with van der Waals surface area (Å²) < 4.78 is 0. The normalized spacial score (nSPS) is 22.0. The molecule has 2 aliphatic heterocycles. The average Bonchev–Trinajstić information content (AvgIpc) is 2.47. The highest BCUT2D eigenvalue weighted by molar-refractivity contribution is 5.75. The van der Waals surface area contributed by atoms with Crippen molar-refractivity contribution in [2.24, 2.45) is 4.99 Å². The maximum atomic E-state index is 4.59. The molecule has 0 spiro atoms. The second kappa shape index (κ2) is 6.16. The van der Waals surface area contributed by atoms with Crippen LogP contribution in [0, 0.1) is 6.92 Å². The third-order valence-corrected chi connectivity index (χ3v) is 4.69. The number of piperazine rings is 1. The molecule has 2 heterocycles. The molecule has 2 saturated heterocycles. The molecule has 114 valence electrons. The molecular formula is C17H26N4. The zero-order chi connectivity index (χ0) is 14.8. The van der Waals surface area contributed by atoms with Crippen LogP contribution in [0.5, 0.6) is 0 Å². The van der Waals surface area contributed by atoms with Crippen LogP contribution in [-0.4, -0.2) is 68.4 Å². The molecule has 0 atom stereocenters. The van der Waals surface area contributed by atoms with Gasteiger partial charge in [-0.3, -0.25) is 9.89 Å². The molecule has 1 aromatic carbocycles. The van der Waals surface area contributed by atoms with Crippen molar-refractivity contribution in [3.8, 4) is 0 Å². The van der Waals surface area contributed by atoms with E-state index in [2.05, 4.69) is 51.9 Å². The summed E-state index contributed by atoms with van der Waals surface area (Å²) in [6.07, 6.45) is 1.90. The molecule has 0 unspecified atom stereocenters. The topological polar surface area (TPSA) is 22.1 Å². The van der Waals surface area contributed by atoms with Gasteiger partial charge in [-0.05, 0) is 32.5 Å². The van der Waals surface area contributed by atoms with E-state index in [4.69, 9.17) is 0 Å². The molecule has 0 aliphatic carbocycles. The van der Waals surface area contributed by atoms with Crippen molar-refractivity contribution in [1.82, 2.24) is 9.80 Å². The Morgan fingerprint density at radius 1 is 1.14 bits per heavy atom. The fourth-order valence-corrected chi connectivity index (χ4v) is 3.42. The first kappa shape index (κ1) is 14.5. The molecule has 0 bridgehead atoms. The highest BCUT2D eigenvalue weighted by Crippen LogP contribution is 2.32. The molecule has 0 amide bonds. The first-order chi connectivity index (χ1) is 10.2. The summed E-state index contributed by atoms with van der Waals surface area (Å²) in [6.45, 7) is 11.1. The number of rotatable bonds is 3. The van der Waals surface area contributed by atoms with Crippen molar-refractivity contribution in [3.05, 3.63) is 23.8 Å². The lowest BCUT2D eigenvalue weighted by molar-refractivity contribution is 0.0488. The highest BCUT2D eigenvalue weighted by atomic mass is 15.3. The Morgan fingerprint density at radius 2 is 1.86 bits per heavy atom. The molecule has 2 aliphatic rings. The predicted octanol–water partition coefficient (Wildman–Crippen LogP) is 2.15. The molecule has 2 fully saturated rings. The Morgan fingerprint density at radius 3 is 2.48 bits per heavy atom. The minimum Gasteiger partial charge on any atom is -0.367 e. The smallest absolute Gasteiger partial charge is 0.0888 e. The van der Waals surface area contributed by atoms with Gasteiger partial charge in [-0.1, -0.05) is 12.1 Å². The number of hydrogen-bond donors (Lipinski definition) is 0. The number of para-hydroxylation sites is 1. The Hall–Kier alpha value is -1.39. The van der Waals surface area contributed by atoms with E-state index in [1.165, 1.54) is 37.4 Å². The monoisotopic (exact) mass is 286 g/mol. The third kappa shape index (κ3) is 2.97. The quantitative estimate of drug-likeness (QED) is 0.795. The number of benzene rings is 1. The second-order valence-corrected chi connectivity index (χ2v) is 6.23. The van der Waals surface area contributed by atoms with Crippen molar-refractivity contribution >= 4 is 17.6 Å². The number of likely N-dealkylation sites (N-methyl/N-ethyl adjacent to an activating group) is 1. The van der Waals surface area contributed by atoms with Gasteiger partial charge in [0.05, 0.1) is 11.4 Å². The molecular weight excluding hydrogens is 260 g/mol. The fourth-order valence-electron chi connectivity index (χ4n) is 3.42. The van der Waals surface area contributed by atoms with E-state index in [0.29, 0.717) is 0 Å². The SMILES string of the molecule is CC=Nc1c(C)cccc1N1CCN(C2CN(C)C2)CC1. The highest BCUT2D eigenvalue weighted by Gasteiger charge is 2.31. The molecule has 0 aromatic heterocycles. The van der Waals surface area contributed by atoms with Crippen LogP contribution in [0.15, 0.2) is 23.2 Å². The van der Waals surface area contributed by atoms with Gasteiger partial charge in [0.1, 0.15) is 0 Å². The van der Waals surface area contributed by atoms with Crippen molar-refractivity contribution < 1.29 is 0 Å². The van der Waals surface area contributed by atoms with Crippen LogP contribution < -0.4 is 4.90 Å². The lowest BCUT2D eigenvalue weighted by Gasteiger charge is -2.47. The van der Waals surface area contributed by atoms with E-state index < -0.39 is 0 Å². The fraction of sp³-hybridized carbons (Fsp3) is 0.588. The maximum absolute atomic E-state index is 4.59. The molecule has 21 heavy (non-hydrogen) atoms. The molecule has 4 heteroatoms. The molecule has 3 rings (SSSR count). The van der Waals surface area contributed by atoms with Crippen LogP contribution in [0.3, 0.4) is 0 Å². The molecule has 4 nitrogen and oxygen atoms in total. The Labute approximate surface area is 128 Å². The first-order valence-electron chi connectivity index (χ1n) is 7.95. The van der Waals surface area contributed by atoms with E-state index in [1.807, 2.05) is 13.1 Å². The Kier molecular flexibility index (Phi) is 4.27. The van der Waals surface area contributed by atoms with Crippen molar-refractivity contribution in [2.75, 3.05) is 51.2 Å². The van der Waals surface area contributed by atoms with Gasteiger partial charge in [0.2, 0.25) is 0 Å². The standard InChI is InChI=1S/C17H26N4/c1-4-18-17-14(2)6-5-7-16(17)21-10-8-20(9-11-21)15-12-19(3)13-15/h4-7,15H,8-13H2,1-3H3. The summed E-state index contributed by atoms with van der Waals surface area (Å²) in [4.78, 5) is 12.1. The van der Waals surface area contributed by atoms with E-state index in [1.54, 1.807) is 0 Å². The van der Waals surface area contributed by atoms with Crippen LogP contribution in [0.1, 0.15) is 12.5 Å². The van der Waals surface area contributed by atoms with Gasteiger partial charge < -0.3 is 9.80 Å². The second-order valence-electron chi connectivity index (χ2n) is 6.23. The minimum absolute atomic E-state index is 0.780. The average molecular weight is 286 g/mol. The van der Waals surface area contributed by atoms with Crippen molar-refractivity contribution in [1.29, 1.82) is 0 Å². The van der Waals surface area contributed by atoms with Crippen LogP contribution in [0.25, 0.3) is 0 Å². The summed E-state index contributed by atoms with van der Waals surface area (Å²) in [7, 11) is 2.20. The lowest BCUT2D eigenvalue weighted by Crippen LogP contribution is -2.61. The number of hydrogen-bond acceptors (Lipinski definition) is 4. The van der Waals surface area contributed by atoms with E-state index in [0.717, 1.165) is 24.8 Å². The summed E-state index contributed by atoms with van der Waals surface area (Å²) in [5.41, 5.74) is 3.68. The maximum Gasteiger partial charge on any atom is 0.0888 e. The number of anilines is 1. The summed E-state index contributed by atoms with van der Waals surface area (Å²) in [5.74, 6) is 0. The van der Waals surface area contributed by atoms with Gasteiger partial charge in [-0.2, -0.15) is 0 Å². The first-order valence-corrected chi connectivity index (χ1v) is 7.95. The Bertz CT molecular complexity index is 512. The zero-order valence-corrected chi connectivity index (χ0v) is 13.4. The predicted molar refractivity (Wildman–Crippen MR) is 90.1 cm³/mol. The largest absolute Gasteiger partial charge is 0.367 e. The van der Waals surface area contributed by atoms with Gasteiger partial charge in [-0.25, -0.2) is 0 Å². The van der Waals surface area contributed by atoms with E-state index >= 15 is 0 Å². The van der Waals surface area contributed by atoms with Gasteiger partial charge >= 0.3 is 0 Å². The Balaban J connectivity index is 1.68. The molecule has 0 N–H and O–H groups in total. The lowest BCUT2D eigenvalue weighted by atomic mass is 10.1. The minimum atomic E-state index is 0.780. The van der Waals surface area contributed by atoms with Gasteiger partial charge in [0.25, 0.3) is 0 Å². The number of nitrogens with zero attached hydrogens (tertiary/aromatic N) is 4. The van der Waals surface area contributed by atoms with Gasteiger partial charge in [-0.15, -0.1) is 0 Å². The molecule has 0 saturated carbocycles. The summed E-state index contributed by atoms with van der Waals surface area (Å²) >= 11 is 0. The summed E-state index contributed by atoms with van der Waals surface area (Å²) in [5, 5.41) is 0. The van der Waals surface area contributed by atoms with Crippen molar-refractivity contribution in [3.63, 3.8) is 0 Å². The van der Waals surface area contributed by atoms with E-state index in [9.17, 15) is 0 Å². The zero-order valence-electron chi connectivity index (χ0n) is 13.4. The van der Waals surface area contributed by atoms with Gasteiger partial charge in [0.15, 0.2) is 0 Å². The van der Waals surface area contributed by atoms with Crippen molar-refractivity contribution in [2.45, 2.75) is 19.9 Å². The van der Waals surface area contributed by atoms with Gasteiger partial charge in [0, 0.05) is 51.5 Å². The van der Waals surface area contributed by atoms with Crippen LogP contribution in [0.4, 0.5) is 11.4 Å². The van der Waals surface area contributed by atoms with Crippen LogP contribution in [-0.2, 0) is 0 Å². The van der Waals surface area contributed by atoms with E-state index in [-0.39, 0.29) is 0 Å².